The highest BCUT2D eigenvalue weighted by Crippen LogP contribution is 2.44. The van der Waals surface area contributed by atoms with Gasteiger partial charge in [-0.3, -0.25) is 4.79 Å². The third-order valence-corrected chi connectivity index (χ3v) is 5.95. The van der Waals surface area contributed by atoms with Gasteiger partial charge in [0, 0.05) is 6.54 Å². The number of oxazole rings is 1. The van der Waals surface area contributed by atoms with Gasteiger partial charge < -0.3 is 20.6 Å². The first-order valence-corrected chi connectivity index (χ1v) is 10.1. The summed E-state index contributed by atoms with van der Waals surface area (Å²) >= 11 is 0. The van der Waals surface area contributed by atoms with Gasteiger partial charge in [0.2, 0.25) is 11.8 Å². The molecule has 0 aliphatic heterocycles. The number of hydrogen-bond donors (Lipinski definition) is 3. The first-order chi connectivity index (χ1) is 13.0. The summed E-state index contributed by atoms with van der Waals surface area (Å²) in [6, 6.07) is 6.98. The molecule has 1 fully saturated rings. The number of rotatable bonds is 9. The molecule has 6 heteroatoms. The van der Waals surface area contributed by atoms with Crippen LogP contribution in [0.2, 0.25) is 0 Å². The van der Waals surface area contributed by atoms with Crippen LogP contribution in [0.5, 0.6) is 0 Å². The lowest BCUT2D eigenvalue weighted by atomic mass is 9.77. The SMILES string of the molecule is CCC1(C[C@H](N)C(=O)NCCC[C@H](O)c2nc3ccccc3o2)CCCC1. The van der Waals surface area contributed by atoms with E-state index in [0.29, 0.717) is 30.9 Å². The Balaban J connectivity index is 1.40. The number of nitrogens with two attached hydrogens (primary N) is 1. The van der Waals surface area contributed by atoms with Crippen LogP contribution in [0, 0.1) is 5.41 Å². The van der Waals surface area contributed by atoms with Crippen molar-refractivity contribution in [2.45, 2.75) is 70.4 Å². The Labute approximate surface area is 160 Å². The minimum atomic E-state index is -0.773. The van der Waals surface area contributed by atoms with Gasteiger partial charge in [-0.2, -0.15) is 0 Å². The number of aliphatic hydroxyl groups excluding tert-OH is 1. The van der Waals surface area contributed by atoms with Gasteiger partial charge in [-0.15, -0.1) is 0 Å². The number of hydrogen-bond acceptors (Lipinski definition) is 5. The molecular weight excluding hydrogens is 342 g/mol. The number of benzene rings is 1. The van der Waals surface area contributed by atoms with E-state index in [9.17, 15) is 9.90 Å². The molecule has 1 aliphatic carbocycles. The van der Waals surface area contributed by atoms with Gasteiger partial charge in [0.25, 0.3) is 0 Å². The number of nitrogens with one attached hydrogen (secondary N) is 1. The van der Waals surface area contributed by atoms with Crippen molar-refractivity contribution in [2.24, 2.45) is 11.1 Å². The fraction of sp³-hybridized carbons (Fsp3) is 0.619. The van der Waals surface area contributed by atoms with Crippen LogP contribution >= 0.6 is 0 Å². The Hall–Kier alpha value is -1.92. The van der Waals surface area contributed by atoms with E-state index in [4.69, 9.17) is 10.2 Å². The molecule has 0 unspecified atom stereocenters. The summed E-state index contributed by atoms with van der Waals surface area (Å²) in [6.07, 6.45) is 7.04. The minimum Gasteiger partial charge on any atom is -0.438 e. The lowest BCUT2D eigenvalue weighted by Gasteiger charge is -2.30. The highest BCUT2D eigenvalue weighted by atomic mass is 16.4. The lowest BCUT2D eigenvalue weighted by molar-refractivity contribution is -0.123. The van der Waals surface area contributed by atoms with E-state index in [2.05, 4.69) is 17.2 Å². The number of amides is 1. The topological polar surface area (TPSA) is 101 Å². The maximum absolute atomic E-state index is 12.3. The number of para-hydroxylation sites is 2. The highest BCUT2D eigenvalue weighted by molar-refractivity contribution is 5.81. The van der Waals surface area contributed by atoms with E-state index >= 15 is 0 Å². The third-order valence-electron chi connectivity index (χ3n) is 5.95. The van der Waals surface area contributed by atoms with Crippen molar-refractivity contribution >= 4 is 17.0 Å². The molecule has 1 aromatic heterocycles. The van der Waals surface area contributed by atoms with Crippen LogP contribution in [-0.4, -0.2) is 28.6 Å². The Morgan fingerprint density at radius 1 is 1.37 bits per heavy atom. The van der Waals surface area contributed by atoms with Crippen molar-refractivity contribution in [3.05, 3.63) is 30.2 Å². The van der Waals surface area contributed by atoms with Gasteiger partial charge in [0.1, 0.15) is 11.6 Å². The first kappa shape index (κ1) is 19.8. The average Bonchev–Trinajstić information content (AvgIpc) is 3.32. The molecule has 2 aromatic rings. The molecule has 6 nitrogen and oxygen atoms in total. The average molecular weight is 373 g/mol. The van der Waals surface area contributed by atoms with E-state index in [1.807, 2.05) is 24.3 Å². The fourth-order valence-corrected chi connectivity index (χ4v) is 4.18. The Bertz CT molecular complexity index is 719. The summed E-state index contributed by atoms with van der Waals surface area (Å²) in [5, 5.41) is 13.2. The van der Waals surface area contributed by atoms with Crippen LogP contribution in [0.25, 0.3) is 11.1 Å². The Morgan fingerprint density at radius 3 is 2.81 bits per heavy atom. The highest BCUT2D eigenvalue weighted by Gasteiger charge is 2.35. The van der Waals surface area contributed by atoms with Crippen LogP contribution in [0.15, 0.2) is 28.7 Å². The molecule has 1 aliphatic rings. The number of aromatic nitrogens is 1. The van der Waals surface area contributed by atoms with Crippen LogP contribution < -0.4 is 11.1 Å². The largest absolute Gasteiger partial charge is 0.438 e. The predicted molar refractivity (Wildman–Crippen MR) is 105 cm³/mol. The Kier molecular flexibility index (Phi) is 6.50. The molecule has 1 heterocycles. The molecule has 0 bridgehead atoms. The van der Waals surface area contributed by atoms with E-state index in [-0.39, 0.29) is 11.3 Å². The van der Waals surface area contributed by atoms with Crippen molar-refractivity contribution in [1.29, 1.82) is 0 Å². The van der Waals surface area contributed by atoms with Crippen molar-refractivity contribution < 1.29 is 14.3 Å². The van der Waals surface area contributed by atoms with Crippen LogP contribution in [0.1, 0.15) is 70.3 Å². The predicted octanol–water partition coefficient (Wildman–Crippen LogP) is 3.45. The number of carbonyl (C=O) groups is 1. The molecule has 0 saturated heterocycles. The molecule has 27 heavy (non-hydrogen) atoms. The van der Waals surface area contributed by atoms with Gasteiger partial charge >= 0.3 is 0 Å². The normalized spacial score (nSPS) is 18.5. The molecule has 1 amide bonds. The standard InChI is InChI=1S/C21H31N3O3/c1-2-21(11-5-6-12-21)14-15(22)19(26)23-13-7-9-17(25)20-24-16-8-3-4-10-18(16)27-20/h3-4,8,10,15,17,25H,2,5-7,9,11-14,22H2,1H3,(H,23,26)/t15-,17-/m0/s1. The molecule has 1 saturated carbocycles. The molecule has 3 rings (SSSR count). The molecule has 0 spiro atoms. The minimum absolute atomic E-state index is 0.0916. The molecule has 1 aromatic carbocycles. The smallest absolute Gasteiger partial charge is 0.236 e. The number of carbonyl (C=O) groups excluding carboxylic acids is 1. The summed E-state index contributed by atoms with van der Waals surface area (Å²) in [5.74, 6) is 0.233. The maximum atomic E-state index is 12.3. The maximum Gasteiger partial charge on any atom is 0.236 e. The second kappa shape index (κ2) is 8.85. The zero-order chi connectivity index (χ0) is 19.3. The molecule has 148 valence electrons. The summed E-state index contributed by atoms with van der Waals surface area (Å²) in [4.78, 5) is 16.6. The van der Waals surface area contributed by atoms with E-state index in [1.54, 1.807) is 0 Å². The van der Waals surface area contributed by atoms with Gasteiger partial charge in [0.05, 0.1) is 6.04 Å². The summed E-state index contributed by atoms with van der Waals surface area (Å²) in [7, 11) is 0. The lowest BCUT2D eigenvalue weighted by Crippen LogP contribution is -2.44. The molecule has 2 atom stereocenters. The summed E-state index contributed by atoms with van der Waals surface area (Å²) in [6.45, 7) is 2.69. The van der Waals surface area contributed by atoms with Gasteiger partial charge in [0.15, 0.2) is 5.58 Å². The zero-order valence-corrected chi connectivity index (χ0v) is 16.1. The molecular formula is C21H31N3O3. The van der Waals surface area contributed by atoms with E-state index in [1.165, 1.54) is 25.7 Å². The fourth-order valence-electron chi connectivity index (χ4n) is 4.18. The van der Waals surface area contributed by atoms with Crippen LogP contribution in [0.3, 0.4) is 0 Å². The summed E-state index contributed by atoms with van der Waals surface area (Å²) < 4.78 is 5.58. The third kappa shape index (κ3) is 4.87. The monoisotopic (exact) mass is 373 g/mol. The summed E-state index contributed by atoms with van der Waals surface area (Å²) in [5.41, 5.74) is 7.81. The zero-order valence-electron chi connectivity index (χ0n) is 16.1. The number of aliphatic hydroxyl groups is 1. The number of fused-ring (bicyclic) bond motifs is 1. The second-order valence-electron chi connectivity index (χ2n) is 7.84. The van der Waals surface area contributed by atoms with Crippen LogP contribution in [-0.2, 0) is 4.79 Å². The second-order valence-corrected chi connectivity index (χ2v) is 7.84. The Morgan fingerprint density at radius 2 is 2.11 bits per heavy atom. The van der Waals surface area contributed by atoms with E-state index < -0.39 is 12.1 Å². The van der Waals surface area contributed by atoms with Crippen molar-refractivity contribution in [3.8, 4) is 0 Å². The van der Waals surface area contributed by atoms with Crippen molar-refractivity contribution in [2.75, 3.05) is 6.54 Å². The van der Waals surface area contributed by atoms with Gasteiger partial charge in [-0.25, -0.2) is 4.98 Å². The number of nitrogens with zero attached hydrogens (tertiary/aromatic N) is 1. The van der Waals surface area contributed by atoms with Gasteiger partial charge in [-0.1, -0.05) is 38.3 Å². The van der Waals surface area contributed by atoms with Crippen molar-refractivity contribution in [3.63, 3.8) is 0 Å². The van der Waals surface area contributed by atoms with Crippen molar-refractivity contribution in [1.82, 2.24) is 10.3 Å². The van der Waals surface area contributed by atoms with Crippen LogP contribution in [0.4, 0.5) is 0 Å². The van der Waals surface area contributed by atoms with Gasteiger partial charge in [-0.05, 0) is 49.7 Å². The quantitative estimate of drug-likeness (QED) is 0.585. The van der Waals surface area contributed by atoms with E-state index in [0.717, 1.165) is 18.4 Å². The molecule has 4 N–H and O–H groups in total. The molecule has 0 radical (unpaired) electrons. The first-order valence-electron chi connectivity index (χ1n) is 10.1.